The minimum absolute atomic E-state index is 0.0498. The van der Waals surface area contributed by atoms with Gasteiger partial charge in [0.25, 0.3) is 5.56 Å². The molecule has 0 amide bonds. The summed E-state index contributed by atoms with van der Waals surface area (Å²) in [5.74, 6) is 0.385. The van der Waals surface area contributed by atoms with Crippen molar-refractivity contribution in [1.29, 1.82) is 0 Å². The highest BCUT2D eigenvalue weighted by Gasteiger charge is 2.10. The zero-order chi connectivity index (χ0) is 13.1. The largest absolute Gasteiger partial charge is 0.359 e. The molecule has 4 heteroatoms. The van der Waals surface area contributed by atoms with Crippen LogP contribution in [0.1, 0.15) is 24.1 Å². The van der Waals surface area contributed by atoms with E-state index in [1.165, 1.54) is 15.7 Å². The molecule has 0 saturated heterocycles. The number of rotatable bonds is 3. The number of anilines is 1. The van der Waals surface area contributed by atoms with Gasteiger partial charge >= 0.3 is 0 Å². The summed E-state index contributed by atoms with van der Waals surface area (Å²) in [6.45, 7) is 4.08. The molecule has 0 aliphatic heterocycles. The molecule has 1 unspecified atom stereocenters. The average Bonchev–Trinajstić information content (AvgIpc) is 2.35. The van der Waals surface area contributed by atoms with Crippen LogP contribution in [-0.2, 0) is 7.05 Å². The number of hydrogen-bond acceptors (Lipinski definition) is 3. The van der Waals surface area contributed by atoms with Crippen LogP contribution in [0.4, 0.5) is 5.82 Å². The van der Waals surface area contributed by atoms with E-state index in [9.17, 15) is 4.79 Å². The van der Waals surface area contributed by atoms with Crippen LogP contribution < -0.4 is 10.9 Å². The Morgan fingerprint density at radius 1 is 1.33 bits per heavy atom. The summed E-state index contributed by atoms with van der Waals surface area (Å²) in [4.78, 5) is 15.9. The lowest BCUT2D eigenvalue weighted by Crippen LogP contribution is -2.23. The van der Waals surface area contributed by atoms with Crippen molar-refractivity contribution in [3.05, 3.63) is 58.1 Å². The topological polar surface area (TPSA) is 46.9 Å². The minimum Gasteiger partial charge on any atom is -0.359 e. The molecule has 1 heterocycles. The third-order valence-electron chi connectivity index (χ3n) is 3.03. The van der Waals surface area contributed by atoms with Gasteiger partial charge in [-0.2, -0.15) is 0 Å². The van der Waals surface area contributed by atoms with Crippen LogP contribution in [0.15, 0.2) is 41.5 Å². The van der Waals surface area contributed by atoms with Crippen molar-refractivity contribution in [2.75, 3.05) is 5.32 Å². The molecule has 0 aliphatic carbocycles. The zero-order valence-corrected chi connectivity index (χ0v) is 10.8. The minimum atomic E-state index is -0.113. The van der Waals surface area contributed by atoms with E-state index in [0.717, 1.165) is 0 Å². The van der Waals surface area contributed by atoms with Gasteiger partial charge in [-0.05, 0) is 25.0 Å². The van der Waals surface area contributed by atoms with E-state index in [1.807, 2.05) is 19.1 Å². The number of aryl methyl sites for hydroxylation is 2. The number of nitrogens with one attached hydrogen (secondary N) is 1. The van der Waals surface area contributed by atoms with Crippen molar-refractivity contribution in [3.8, 4) is 0 Å². The van der Waals surface area contributed by atoms with Gasteiger partial charge in [-0.1, -0.05) is 24.3 Å². The summed E-state index contributed by atoms with van der Waals surface area (Å²) in [5, 5.41) is 3.16. The monoisotopic (exact) mass is 243 g/mol. The normalized spacial score (nSPS) is 12.2. The first-order valence-electron chi connectivity index (χ1n) is 5.93. The number of nitrogens with zero attached hydrogens (tertiary/aromatic N) is 2. The zero-order valence-electron chi connectivity index (χ0n) is 10.8. The second-order valence-corrected chi connectivity index (χ2v) is 4.41. The highest BCUT2D eigenvalue weighted by atomic mass is 16.1. The van der Waals surface area contributed by atoms with Crippen LogP contribution in [0.2, 0.25) is 0 Å². The van der Waals surface area contributed by atoms with Gasteiger partial charge in [-0.15, -0.1) is 0 Å². The van der Waals surface area contributed by atoms with Crippen molar-refractivity contribution in [1.82, 2.24) is 9.55 Å². The van der Waals surface area contributed by atoms with Crippen molar-refractivity contribution in [2.24, 2.45) is 7.05 Å². The van der Waals surface area contributed by atoms with E-state index in [2.05, 4.69) is 29.4 Å². The molecular formula is C14H17N3O. The molecule has 0 saturated carbocycles. The second-order valence-electron chi connectivity index (χ2n) is 4.41. The van der Waals surface area contributed by atoms with Gasteiger partial charge in [0.1, 0.15) is 0 Å². The number of benzene rings is 1. The highest BCUT2D eigenvalue weighted by molar-refractivity contribution is 5.38. The maximum Gasteiger partial charge on any atom is 0.293 e. The maximum atomic E-state index is 11.9. The van der Waals surface area contributed by atoms with Gasteiger partial charge < -0.3 is 9.88 Å². The molecule has 1 N–H and O–H groups in total. The van der Waals surface area contributed by atoms with Gasteiger partial charge in [0.15, 0.2) is 5.82 Å². The Kier molecular flexibility index (Phi) is 3.46. The average molecular weight is 243 g/mol. The van der Waals surface area contributed by atoms with Crippen molar-refractivity contribution in [2.45, 2.75) is 19.9 Å². The predicted octanol–water partition coefficient (Wildman–Crippen LogP) is 2.26. The van der Waals surface area contributed by atoms with Gasteiger partial charge in [0.2, 0.25) is 0 Å². The van der Waals surface area contributed by atoms with E-state index in [4.69, 9.17) is 0 Å². The summed E-state index contributed by atoms with van der Waals surface area (Å²) in [6, 6.07) is 8.17. The maximum absolute atomic E-state index is 11.9. The smallest absolute Gasteiger partial charge is 0.293 e. The standard InChI is InChI=1S/C14H17N3O/c1-10-6-4-5-7-12(10)11(2)16-13-14(18)17(3)9-8-15-13/h4-9,11H,1-3H3,(H,15,16). The summed E-state index contributed by atoms with van der Waals surface area (Å²) in [6.07, 6.45) is 3.26. The molecule has 1 aromatic heterocycles. The first-order valence-corrected chi connectivity index (χ1v) is 5.93. The fraction of sp³-hybridized carbons (Fsp3) is 0.286. The molecular weight excluding hydrogens is 226 g/mol. The van der Waals surface area contributed by atoms with E-state index >= 15 is 0 Å². The van der Waals surface area contributed by atoms with Crippen LogP contribution >= 0.6 is 0 Å². The molecule has 0 radical (unpaired) electrons. The summed E-state index contributed by atoms with van der Waals surface area (Å²) >= 11 is 0. The van der Waals surface area contributed by atoms with Gasteiger partial charge in [-0.3, -0.25) is 4.79 Å². The van der Waals surface area contributed by atoms with E-state index in [1.54, 1.807) is 19.4 Å². The van der Waals surface area contributed by atoms with Crippen LogP contribution in [0.25, 0.3) is 0 Å². The third kappa shape index (κ3) is 2.42. The van der Waals surface area contributed by atoms with Crippen molar-refractivity contribution >= 4 is 5.82 Å². The van der Waals surface area contributed by atoms with Gasteiger partial charge in [0, 0.05) is 19.4 Å². The lowest BCUT2D eigenvalue weighted by Gasteiger charge is -2.16. The molecule has 2 rings (SSSR count). The molecule has 2 aromatic rings. The molecule has 0 aliphatic rings. The van der Waals surface area contributed by atoms with Gasteiger partial charge in [0.05, 0.1) is 6.04 Å². The Labute approximate surface area is 106 Å². The highest BCUT2D eigenvalue weighted by Crippen LogP contribution is 2.19. The van der Waals surface area contributed by atoms with Crippen LogP contribution in [-0.4, -0.2) is 9.55 Å². The van der Waals surface area contributed by atoms with E-state index in [0.29, 0.717) is 5.82 Å². The molecule has 1 aromatic carbocycles. The molecule has 1 atom stereocenters. The Bertz CT molecular complexity index is 604. The second kappa shape index (κ2) is 5.04. The van der Waals surface area contributed by atoms with Crippen molar-refractivity contribution < 1.29 is 0 Å². The third-order valence-corrected chi connectivity index (χ3v) is 3.03. The fourth-order valence-electron chi connectivity index (χ4n) is 1.95. The van der Waals surface area contributed by atoms with Gasteiger partial charge in [-0.25, -0.2) is 4.98 Å². The SMILES string of the molecule is Cc1ccccc1C(C)Nc1nccn(C)c1=O. The number of aromatic nitrogens is 2. The first kappa shape index (κ1) is 12.4. The van der Waals surface area contributed by atoms with Crippen LogP contribution in [0.3, 0.4) is 0 Å². The predicted molar refractivity (Wildman–Crippen MR) is 72.7 cm³/mol. The Morgan fingerprint density at radius 3 is 2.78 bits per heavy atom. The fourth-order valence-corrected chi connectivity index (χ4v) is 1.95. The molecule has 0 spiro atoms. The Hall–Kier alpha value is -2.10. The first-order chi connectivity index (χ1) is 8.59. The molecule has 4 nitrogen and oxygen atoms in total. The molecule has 94 valence electrons. The summed E-state index contributed by atoms with van der Waals surface area (Å²) < 4.78 is 1.51. The molecule has 0 bridgehead atoms. The van der Waals surface area contributed by atoms with Crippen LogP contribution in [0, 0.1) is 6.92 Å². The summed E-state index contributed by atoms with van der Waals surface area (Å²) in [5.41, 5.74) is 2.26. The number of hydrogen-bond donors (Lipinski definition) is 1. The van der Waals surface area contributed by atoms with E-state index < -0.39 is 0 Å². The lowest BCUT2D eigenvalue weighted by atomic mass is 10.0. The van der Waals surface area contributed by atoms with Crippen molar-refractivity contribution in [3.63, 3.8) is 0 Å². The summed E-state index contributed by atoms with van der Waals surface area (Å²) in [7, 11) is 1.72. The quantitative estimate of drug-likeness (QED) is 0.899. The Morgan fingerprint density at radius 2 is 2.06 bits per heavy atom. The lowest BCUT2D eigenvalue weighted by molar-refractivity contribution is 0.810. The molecule has 0 fully saturated rings. The van der Waals surface area contributed by atoms with E-state index in [-0.39, 0.29) is 11.6 Å². The molecule has 18 heavy (non-hydrogen) atoms. The Balaban J connectivity index is 2.27. The van der Waals surface area contributed by atoms with Crippen LogP contribution in [0.5, 0.6) is 0 Å².